The van der Waals surface area contributed by atoms with Crippen LogP contribution in [0.4, 0.5) is 5.69 Å². The maximum atomic E-state index is 5.59. The molecule has 3 rings (SSSR count). The molecule has 3 nitrogen and oxygen atoms in total. The molecule has 0 fully saturated rings. The Labute approximate surface area is 124 Å². The van der Waals surface area contributed by atoms with E-state index in [0.29, 0.717) is 13.2 Å². The SMILES string of the molecule is CC(Nc1ccc2c(c1)OCCO2)c1sccc1Br. The normalized spacial score (nSPS) is 15.1. The number of ether oxygens (including phenoxy) is 2. The van der Waals surface area contributed by atoms with Crippen molar-refractivity contribution in [1.82, 2.24) is 0 Å². The molecule has 0 spiro atoms. The number of nitrogens with one attached hydrogen (secondary N) is 1. The first-order valence-electron chi connectivity index (χ1n) is 6.13. The maximum absolute atomic E-state index is 5.59. The Kier molecular flexibility index (Phi) is 3.66. The molecule has 100 valence electrons. The highest BCUT2D eigenvalue weighted by molar-refractivity contribution is 9.10. The Balaban J connectivity index is 1.78. The number of halogens is 1. The van der Waals surface area contributed by atoms with Crippen LogP contribution in [0.15, 0.2) is 34.1 Å². The van der Waals surface area contributed by atoms with Crippen molar-refractivity contribution in [2.45, 2.75) is 13.0 Å². The minimum atomic E-state index is 0.247. The maximum Gasteiger partial charge on any atom is 0.163 e. The highest BCUT2D eigenvalue weighted by Crippen LogP contribution is 2.35. The van der Waals surface area contributed by atoms with Crippen LogP contribution in [0.1, 0.15) is 17.8 Å². The van der Waals surface area contributed by atoms with Crippen LogP contribution in [0.25, 0.3) is 0 Å². The van der Waals surface area contributed by atoms with Crippen molar-refractivity contribution in [3.05, 3.63) is 39.0 Å². The average Bonchev–Trinajstić information content (AvgIpc) is 2.85. The molecule has 0 saturated carbocycles. The molecule has 2 heterocycles. The van der Waals surface area contributed by atoms with Gasteiger partial charge in [0.25, 0.3) is 0 Å². The highest BCUT2D eigenvalue weighted by Gasteiger charge is 2.14. The predicted octanol–water partition coefficient (Wildman–Crippen LogP) is 4.45. The van der Waals surface area contributed by atoms with Gasteiger partial charge < -0.3 is 14.8 Å². The fraction of sp³-hybridized carbons (Fsp3) is 0.286. The molecule has 0 bridgehead atoms. The van der Waals surface area contributed by atoms with Crippen molar-refractivity contribution in [2.75, 3.05) is 18.5 Å². The van der Waals surface area contributed by atoms with E-state index in [1.165, 1.54) is 4.88 Å². The number of fused-ring (bicyclic) bond motifs is 1. The van der Waals surface area contributed by atoms with Crippen LogP contribution in [0.5, 0.6) is 11.5 Å². The van der Waals surface area contributed by atoms with Gasteiger partial charge in [0, 0.05) is 21.1 Å². The lowest BCUT2D eigenvalue weighted by Crippen LogP contribution is -2.15. The summed E-state index contributed by atoms with van der Waals surface area (Å²) in [7, 11) is 0. The number of hydrogen-bond acceptors (Lipinski definition) is 4. The summed E-state index contributed by atoms with van der Waals surface area (Å²) in [6.07, 6.45) is 0. The molecule has 0 amide bonds. The molecule has 1 atom stereocenters. The van der Waals surface area contributed by atoms with Crippen LogP contribution in [-0.2, 0) is 0 Å². The molecule has 2 aromatic rings. The van der Waals surface area contributed by atoms with Crippen LogP contribution < -0.4 is 14.8 Å². The highest BCUT2D eigenvalue weighted by atomic mass is 79.9. The Morgan fingerprint density at radius 3 is 2.74 bits per heavy atom. The molecule has 19 heavy (non-hydrogen) atoms. The lowest BCUT2D eigenvalue weighted by atomic mass is 10.2. The summed E-state index contributed by atoms with van der Waals surface area (Å²) in [4.78, 5) is 1.29. The second-order valence-corrected chi connectivity index (χ2v) is 6.16. The van der Waals surface area contributed by atoms with Gasteiger partial charge in [0.15, 0.2) is 11.5 Å². The van der Waals surface area contributed by atoms with Gasteiger partial charge in [0.2, 0.25) is 0 Å². The summed E-state index contributed by atoms with van der Waals surface area (Å²) in [6, 6.07) is 8.28. The fourth-order valence-corrected chi connectivity index (χ4v) is 3.79. The van der Waals surface area contributed by atoms with Crippen LogP contribution in [-0.4, -0.2) is 13.2 Å². The molecule has 1 aromatic carbocycles. The van der Waals surface area contributed by atoms with E-state index < -0.39 is 0 Å². The summed E-state index contributed by atoms with van der Waals surface area (Å²) < 4.78 is 12.3. The molecule has 1 aliphatic rings. The lowest BCUT2D eigenvalue weighted by molar-refractivity contribution is 0.171. The van der Waals surface area contributed by atoms with Crippen LogP contribution >= 0.6 is 27.3 Å². The largest absolute Gasteiger partial charge is 0.486 e. The molecule has 0 aliphatic carbocycles. The van der Waals surface area contributed by atoms with E-state index in [0.717, 1.165) is 21.7 Å². The third-order valence-corrected chi connectivity index (χ3v) is 5.02. The first kappa shape index (κ1) is 12.8. The van der Waals surface area contributed by atoms with Gasteiger partial charge in [-0.05, 0) is 46.4 Å². The molecular weight excluding hydrogens is 326 g/mol. The van der Waals surface area contributed by atoms with E-state index in [1.807, 2.05) is 18.2 Å². The zero-order valence-corrected chi connectivity index (χ0v) is 12.9. The van der Waals surface area contributed by atoms with Gasteiger partial charge in [-0.1, -0.05) is 0 Å². The molecule has 5 heteroatoms. The van der Waals surface area contributed by atoms with E-state index in [4.69, 9.17) is 9.47 Å². The van der Waals surface area contributed by atoms with E-state index in [2.05, 4.69) is 39.6 Å². The topological polar surface area (TPSA) is 30.5 Å². The van der Waals surface area contributed by atoms with Crippen LogP contribution in [0, 0.1) is 0 Å². The van der Waals surface area contributed by atoms with E-state index >= 15 is 0 Å². The predicted molar refractivity (Wildman–Crippen MR) is 81.5 cm³/mol. The fourth-order valence-electron chi connectivity index (χ4n) is 2.06. The monoisotopic (exact) mass is 339 g/mol. The third-order valence-electron chi connectivity index (χ3n) is 2.96. The lowest BCUT2D eigenvalue weighted by Gasteiger charge is -2.20. The van der Waals surface area contributed by atoms with Gasteiger partial charge in [-0.15, -0.1) is 11.3 Å². The van der Waals surface area contributed by atoms with Crippen molar-refractivity contribution in [3.63, 3.8) is 0 Å². The standard InChI is InChI=1S/C14H14BrNO2S/c1-9(14-11(15)4-7-19-14)16-10-2-3-12-13(8-10)18-6-5-17-12/h2-4,7-9,16H,5-6H2,1H3. The van der Waals surface area contributed by atoms with E-state index in [-0.39, 0.29) is 6.04 Å². The van der Waals surface area contributed by atoms with Gasteiger partial charge in [-0.2, -0.15) is 0 Å². The number of benzene rings is 1. The van der Waals surface area contributed by atoms with Gasteiger partial charge in [0.1, 0.15) is 13.2 Å². The van der Waals surface area contributed by atoms with E-state index in [1.54, 1.807) is 11.3 Å². The summed E-state index contributed by atoms with van der Waals surface area (Å²) in [5.41, 5.74) is 1.04. The quantitative estimate of drug-likeness (QED) is 0.895. The van der Waals surface area contributed by atoms with Crippen molar-refractivity contribution in [2.24, 2.45) is 0 Å². The van der Waals surface area contributed by atoms with Crippen molar-refractivity contribution >= 4 is 33.0 Å². The zero-order valence-electron chi connectivity index (χ0n) is 10.5. The first-order chi connectivity index (χ1) is 9.24. The summed E-state index contributed by atoms with van der Waals surface area (Å²) in [6.45, 7) is 3.38. The molecule has 0 saturated heterocycles. The average molecular weight is 340 g/mol. The zero-order chi connectivity index (χ0) is 13.2. The Bertz CT molecular complexity index is 585. The number of hydrogen-bond donors (Lipinski definition) is 1. The Morgan fingerprint density at radius 2 is 2.00 bits per heavy atom. The summed E-state index contributed by atoms with van der Waals surface area (Å²) in [5.74, 6) is 1.63. The number of rotatable bonds is 3. The van der Waals surface area contributed by atoms with Crippen molar-refractivity contribution in [3.8, 4) is 11.5 Å². The molecule has 1 aliphatic heterocycles. The van der Waals surface area contributed by atoms with Crippen LogP contribution in [0.3, 0.4) is 0 Å². The smallest absolute Gasteiger partial charge is 0.163 e. The van der Waals surface area contributed by atoms with E-state index in [9.17, 15) is 0 Å². The van der Waals surface area contributed by atoms with Gasteiger partial charge in [-0.3, -0.25) is 0 Å². The summed E-state index contributed by atoms with van der Waals surface area (Å²) in [5, 5.41) is 5.56. The third kappa shape index (κ3) is 2.72. The van der Waals surface area contributed by atoms with Gasteiger partial charge in [0.05, 0.1) is 6.04 Å². The molecule has 1 unspecified atom stereocenters. The second-order valence-electron chi connectivity index (χ2n) is 4.36. The number of thiophene rings is 1. The molecule has 1 aromatic heterocycles. The molecule has 0 radical (unpaired) electrons. The van der Waals surface area contributed by atoms with Gasteiger partial charge in [-0.25, -0.2) is 0 Å². The van der Waals surface area contributed by atoms with Crippen molar-refractivity contribution < 1.29 is 9.47 Å². The van der Waals surface area contributed by atoms with Gasteiger partial charge >= 0.3 is 0 Å². The second kappa shape index (κ2) is 5.43. The number of anilines is 1. The molecular formula is C14H14BrNO2S. The minimum Gasteiger partial charge on any atom is -0.486 e. The first-order valence-corrected chi connectivity index (χ1v) is 7.80. The molecule has 1 N–H and O–H groups in total. The Hall–Kier alpha value is -1.20. The minimum absolute atomic E-state index is 0.247. The van der Waals surface area contributed by atoms with Crippen LogP contribution in [0.2, 0.25) is 0 Å². The summed E-state index contributed by atoms with van der Waals surface area (Å²) >= 11 is 5.31. The Morgan fingerprint density at radius 1 is 1.21 bits per heavy atom. The van der Waals surface area contributed by atoms with Crippen molar-refractivity contribution in [1.29, 1.82) is 0 Å².